The van der Waals surface area contributed by atoms with Crippen molar-refractivity contribution < 1.29 is 43.5 Å². The SMILES string of the molecule is C/C=C/C=C/C(=O)O[C@H]1[C@H](O)[C@H](OCC23C[C@@H]4[C@H](C)CC[C@H]4C4(C=O)CC2C=C(C(C)C)C34C(=O)O)O[C@H](C)[C@H]1OC. The summed E-state index contributed by atoms with van der Waals surface area (Å²) in [5, 5.41) is 22.6. The van der Waals surface area contributed by atoms with E-state index < -0.39 is 58.9 Å². The Labute approximate surface area is 248 Å². The number of esters is 1. The summed E-state index contributed by atoms with van der Waals surface area (Å²) in [6.45, 7) is 9.78. The topological polar surface area (TPSA) is 129 Å². The number of aliphatic hydroxyl groups excluding tert-OH is 1. The van der Waals surface area contributed by atoms with Crippen molar-refractivity contribution in [3.05, 3.63) is 36.0 Å². The van der Waals surface area contributed by atoms with Crippen molar-refractivity contribution in [3.8, 4) is 0 Å². The maximum atomic E-state index is 13.7. The van der Waals surface area contributed by atoms with Gasteiger partial charge < -0.3 is 34.0 Å². The number of carboxylic acid groups (broad SMARTS) is 1. The van der Waals surface area contributed by atoms with Crippen LogP contribution in [0.3, 0.4) is 0 Å². The lowest BCUT2D eigenvalue weighted by atomic mass is 9.43. The lowest BCUT2D eigenvalue weighted by Gasteiger charge is -2.58. The summed E-state index contributed by atoms with van der Waals surface area (Å²) in [4.78, 5) is 39.4. The zero-order valence-corrected chi connectivity index (χ0v) is 25.5. The van der Waals surface area contributed by atoms with Crippen LogP contribution >= 0.6 is 0 Å². The van der Waals surface area contributed by atoms with Gasteiger partial charge in [0.15, 0.2) is 12.4 Å². The zero-order valence-electron chi connectivity index (χ0n) is 25.5. The zero-order chi connectivity index (χ0) is 30.6. The number of ether oxygens (including phenoxy) is 4. The quantitative estimate of drug-likeness (QED) is 0.128. The predicted molar refractivity (Wildman–Crippen MR) is 153 cm³/mol. The Morgan fingerprint density at radius 2 is 1.90 bits per heavy atom. The van der Waals surface area contributed by atoms with Crippen molar-refractivity contribution in [3.63, 3.8) is 0 Å². The molecule has 1 saturated heterocycles. The van der Waals surface area contributed by atoms with Crippen molar-refractivity contribution in [1.82, 2.24) is 0 Å². The molecule has 4 bridgehead atoms. The molecule has 9 nitrogen and oxygen atoms in total. The van der Waals surface area contributed by atoms with E-state index in [1.165, 1.54) is 13.2 Å². The number of rotatable bonds is 10. The third kappa shape index (κ3) is 4.14. The van der Waals surface area contributed by atoms with Crippen molar-refractivity contribution in [1.29, 1.82) is 0 Å². The number of carboxylic acids is 1. The second-order valence-electron chi connectivity index (χ2n) is 13.5. The highest BCUT2D eigenvalue weighted by atomic mass is 16.7. The molecular weight excluding hydrogens is 540 g/mol. The molecule has 9 heteroatoms. The number of fused-ring (bicyclic) bond motifs is 2. The van der Waals surface area contributed by atoms with Gasteiger partial charge in [0.1, 0.15) is 23.9 Å². The van der Waals surface area contributed by atoms with Gasteiger partial charge in [-0.05, 0) is 62.7 Å². The molecule has 0 spiro atoms. The highest BCUT2D eigenvalue weighted by Gasteiger charge is 2.84. The first kappa shape index (κ1) is 31.1. The van der Waals surface area contributed by atoms with Gasteiger partial charge in [-0.15, -0.1) is 0 Å². The summed E-state index contributed by atoms with van der Waals surface area (Å²) >= 11 is 0. The van der Waals surface area contributed by atoms with E-state index in [0.717, 1.165) is 24.7 Å². The molecule has 2 N–H and O–H groups in total. The van der Waals surface area contributed by atoms with Crippen LogP contribution < -0.4 is 0 Å². The van der Waals surface area contributed by atoms with Crippen LogP contribution in [0.1, 0.15) is 60.3 Å². The van der Waals surface area contributed by atoms with E-state index in [0.29, 0.717) is 18.8 Å². The molecule has 0 aromatic rings. The number of hydrogen-bond donors (Lipinski definition) is 2. The fraction of sp³-hybridized carbons (Fsp3) is 0.727. The molecule has 4 fully saturated rings. The van der Waals surface area contributed by atoms with Crippen molar-refractivity contribution in [2.45, 2.75) is 91.0 Å². The second kappa shape index (κ2) is 11.3. The van der Waals surface area contributed by atoms with E-state index in [1.807, 2.05) is 20.8 Å². The Bertz CT molecular complexity index is 1170. The number of carbonyl (C=O) groups is 3. The van der Waals surface area contributed by atoms with Crippen LogP contribution in [0.4, 0.5) is 0 Å². The van der Waals surface area contributed by atoms with Crippen LogP contribution in [0.2, 0.25) is 0 Å². The highest BCUT2D eigenvalue weighted by molar-refractivity contribution is 5.90. The number of aliphatic hydroxyl groups is 1. The largest absolute Gasteiger partial charge is 0.481 e. The summed E-state index contributed by atoms with van der Waals surface area (Å²) in [5.74, 6) is -1.21. The Hall–Kier alpha value is -2.33. The molecule has 0 amide bonds. The van der Waals surface area contributed by atoms with Crippen LogP contribution in [0, 0.1) is 45.8 Å². The van der Waals surface area contributed by atoms with E-state index in [9.17, 15) is 24.6 Å². The van der Waals surface area contributed by atoms with Gasteiger partial charge in [-0.3, -0.25) is 4.79 Å². The van der Waals surface area contributed by atoms with Crippen LogP contribution in [-0.2, 0) is 33.3 Å². The van der Waals surface area contributed by atoms with Gasteiger partial charge in [0.25, 0.3) is 0 Å². The molecule has 0 aromatic heterocycles. The Morgan fingerprint density at radius 1 is 1.17 bits per heavy atom. The number of allylic oxidation sites excluding steroid dienone is 4. The average Bonchev–Trinajstić information content (AvgIpc) is 3.52. The van der Waals surface area contributed by atoms with Gasteiger partial charge >= 0.3 is 11.9 Å². The molecule has 4 aliphatic carbocycles. The van der Waals surface area contributed by atoms with Gasteiger partial charge in [0, 0.05) is 18.6 Å². The lowest BCUT2D eigenvalue weighted by Crippen LogP contribution is -2.64. The Kier molecular flexibility index (Phi) is 8.37. The van der Waals surface area contributed by atoms with Gasteiger partial charge in [0.2, 0.25) is 0 Å². The standard InChI is InChI=1S/C33H46O9/c1-7-8-9-10-25(35)42-28-26(36)29(41-20(5)27(28)39-6)40-17-32-15-22-19(4)11-12-23(22)31(16-34)14-21(32)13-24(18(2)3)33(31,32)30(37)38/h7-10,13,16,18-23,26-29,36H,11-12,14-15,17H2,1-6H3,(H,37,38)/b8-7+,10-9+/t19-,20-,21?,22-,23-,26+,27-,28+,29-,31?,32?,33?/m1/s1. The van der Waals surface area contributed by atoms with Gasteiger partial charge in [0.05, 0.1) is 18.1 Å². The maximum absolute atomic E-state index is 13.7. The first-order valence-corrected chi connectivity index (χ1v) is 15.4. The molecule has 42 heavy (non-hydrogen) atoms. The summed E-state index contributed by atoms with van der Waals surface area (Å²) in [7, 11) is 1.46. The lowest BCUT2D eigenvalue weighted by molar-refractivity contribution is -0.308. The minimum absolute atomic E-state index is 0.00379. The highest BCUT2D eigenvalue weighted by Crippen LogP contribution is 2.82. The Morgan fingerprint density at radius 3 is 2.52 bits per heavy atom. The number of aldehydes is 1. The van der Waals surface area contributed by atoms with Gasteiger partial charge in [-0.25, -0.2) is 4.79 Å². The molecule has 4 unspecified atom stereocenters. The minimum atomic E-state index is -1.39. The molecule has 0 aromatic carbocycles. The first-order chi connectivity index (χ1) is 19.9. The van der Waals surface area contributed by atoms with Crippen molar-refractivity contribution in [2.24, 2.45) is 45.8 Å². The van der Waals surface area contributed by atoms with Crippen molar-refractivity contribution in [2.75, 3.05) is 13.7 Å². The summed E-state index contributed by atoms with van der Waals surface area (Å²) in [5.41, 5.74) is -2.45. The van der Waals surface area contributed by atoms with E-state index in [-0.39, 0.29) is 30.3 Å². The van der Waals surface area contributed by atoms with Crippen LogP contribution in [-0.4, -0.2) is 72.9 Å². The van der Waals surface area contributed by atoms with Crippen LogP contribution in [0.15, 0.2) is 36.0 Å². The Balaban J connectivity index is 1.49. The monoisotopic (exact) mass is 586 g/mol. The maximum Gasteiger partial charge on any atom is 0.331 e. The van der Waals surface area contributed by atoms with Gasteiger partial charge in [-0.1, -0.05) is 57.1 Å². The minimum Gasteiger partial charge on any atom is -0.481 e. The molecule has 232 valence electrons. The summed E-state index contributed by atoms with van der Waals surface area (Å²) in [6.07, 6.45) is 7.35. The molecule has 0 radical (unpaired) electrons. The number of methoxy groups -OCH3 is 1. The number of hydrogen-bond acceptors (Lipinski definition) is 8. The average molecular weight is 587 g/mol. The first-order valence-electron chi connectivity index (χ1n) is 15.4. The smallest absolute Gasteiger partial charge is 0.331 e. The molecule has 5 rings (SSSR count). The summed E-state index contributed by atoms with van der Waals surface area (Å²) < 4.78 is 23.7. The molecule has 3 saturated carbocycles. The summed E-state index contributed by atoms with van der Waals surface area (Å²) in [6, 6.07) is 0. The third-order valence-electron chi connectivity index (χ3n) is 11.4. The fourth-order valence-corrected chi connectivity index (χ4v) is 9.87. The molecular formula is C33H46O9. The molecule has 12 atom stereocenters. The van der Waals surface area contributed by atoms with E-state index >= 15 is 0 Å². The van der Waals surface area contributed by atoms with Crippen LogP contribution in [0.5, 0.6) is 0 Å². The van der Waals surface area contributed by atoms with E-state index in [4.69, 9.17) is 18.9 Å². The third-order valence-corrected chi connectivity index (χ3v) is 11.4. The van der Waals surface area contributed by atoms with Crippen molar-refractivity contribution >= 4 is 18.2 Å². The predicted octanol–water partition coefficient (Wildman–Crippen LogP) is 4.09. The molecule has 1 heterocycles. The van der Waals surface area contributed by atoms with E-state index in [2.05, 4.69) is 13.0 Å². The molecule has 1 aliphatic heterocycles. The fourth-order valence-electron chi connectivity index (χ4n) is 9.87. The normalized spacial score (nSPS) is 45.9. The van der Waals surface area contributed by atoms with Gasteiger partial charge in [-0.2, -0.15) is 0 Å². The van der Waals surface area contributed by atoms with E-state index in [1.54, 1.807) is 25.2 Å². The second-order valence-corrected chi connectivity index (χ2v) is 13.5. The number of aliphatic carboxylic acids is 1. The number of carbonyl (C=O) groups excluding carboxylic acids is 2. The molecule has 5 aliphatic rings. The van der Waals surface area contributed by atoms with Crippen LogP contribution in [0.25, 0.3) is 0 Å².